The van der Waals surface area contributed by atoms with Crippen LogP contribution in [0.15, 0.2) is 65.3 Å². The van der Waals surface area contributed by atoms with E-state index >= 15 is 0 Å². The maximum Gasteiger partial charge on any atom is 0.277 e. The zero-order chi connectivity index (χ0) is 19.1. The third-order valence-corrected chi connectivity index (χ3v) is 4.79. The number of amidine groups is 1. The minimum Gasteiger partial charge on any atom is -0.296 e. The standard InChI is InChI=1S/C21H17N3O3/c1-13(24-19(25)15-10-6-7-11-16(15)20(24)26)18-22-17(21(27)23(18)2)12-14-8-4-3-5-9-14/h3-13H,1-2H3/b17-12-. The normalized spacial score (nSPS) is 19.0. The van der Waals surface area contributed by atoms with Gasteiger partial charge in [0.25, 0.3) is 17.7 Å². The summed E-state index contributed by atoms with van der Waals surface area (Å²) in [5.74, 6) is -0.631. The Balaban J connectivity index is 1.68. The summed E-state index contributed by atoms with van der Waals surface area (Å²) in [7, 11) is 1.60. The van der Waals surface area contributed by atoms with E-state index in [4.69, 9.17) is 0 Å². The summed E-state index contributed by atoms with van der Waals surface area (Å²) in [5.41, 5.74) is 1.89. The van der Waals surface area contributed by atoms with Gasteiger partial charge in [-0.15, -0.1) is 0 Å². The highest BCUT2D eigenvalue weighted by Gasteiger charge is 2.42. The molecule has 6 heteroatoms. The molecule has 4 rings (SSSR count). The Morgan fingerprint density at radius 2 is 1.41 bits per heavy atom. The third-order valence-electron chi connectivity index (χ3n) is 4.79. The summed E-state index contributed by atoms with van der Waals surface area (Å²) in [6.45, 7) is 1.70. The van der Waals surface area contributed by atoms with Crippen molar-refractivity contribution in [1.29, 1.82) is 0 Å². The van der Waals surface area contributed by atoms with E-state index in [0.29, 0.717) is 17.0 Å². The number of carbonyl (C=O) groups is 3. The number of imide groups is 1. The smallest absolute Gasteiger partial charge is 0.277 e. The molecule has 0 saturated heterocycles. The lowest BCUT2D eigenvalue weighted by atomic mass is 10.1. The lowest BCUT2D eigenvalue weighted by molar-refractivity contribution is -0.121. The van der Waals surface area contributed by atoms with Crippen LogP contribution in [-0.2, 0) is 4.79 Å². The van der Waals surface area contributed by atoms with E-state index in [2.05, 4.69) is 4.99 Å². The average Bonchev–Trinajstić information content (AvgIpc) is 3.11. The fourth-order valence-corrected chi connectivity index (χ4v) is 3.37. The molecular formula is C21H17N3O3. The molecule has 0 aliphatic carbocycles. The van der Waals surface area contributed by atoms with Crippen LogP contribution in [0.1, 0.15) is 33.2 Å². The Hall–Kier alpha value is -3.54. The van der Waals surface area contributed by atoms with Crippen LogP contribution in [0.5, 0.6) is 0 Å². The first-order chi connectivity index (χ1) is 13.0. The summed E-state index contributed by atoms with van der Waals surface area (Å²) >= 11 is 0. The van der Waals surface area contributed by atoms with Crippen LogP contribution in [-0.4, -0.2) is 46.4 Å². The van der Waals surface area contributed by atoms with Gasteiger partial charge in [0, 0.05) is 7.05 Å². The van der Waals surface area contributed by atoms with Gasteiger partial charge in [-0.2, -0.15) is 0 Å². The Morgan fingerprint density at radius 1 is 0.852 bits per heavy atom. The minimum absolute atomic E-state index is 0.266. The van der Waals surface area contributed by atoms with Crippen molar-refractivity contribution in [1.82, 2.24) is 9.80 Å². The highest BCUT2D eigenvalue weighted by molar-refractivity contribution is 6.24. The minimum atomic E-state index is -0.659. The summed E-state index contributed by atoms with van der Waals surface area (Å²) in [6.07, 6.45) is 1.70. The quantitative estimate of drug-likeness (QED) is 0.625. The Morgan fingerprint density at radius 3 is 2.00 bits per heavy atom. The lowest BCUT2D eigenvalue weighted by Gasteiger charge is -2.25. The van der Waals surface area contributed by atoms with Gasteiger partial charge < -0.3 is 0 Å². The topological polar surface area (TPSA) is 70.1 Å². The van der Waals surface area contributed by atoms with Crippen LogP contribution >= 0.6 is 0 Å². The van der Waals surface area contributed by atoms with Crippen molar-refractivity contribution < 1.29 is 14.4 Å². The van der Waals surface area contributed by atoms with Crippen LogP contribution in [0.4, 0.5) is 0 Å². The van der Waals surface area contributed by atoms with E-state index in [1.54, 1.807) is 44.3 Å². The van der Waals surface area contributed by atoms with Crippen LogP contribution in [0.3, 0.4) is 0 Å². The van der Waals surface area contributed by atoms with Crippen LogP contribution in [0.2, 0.25) is 0 Å². The highest BCUT2D eigenvalue weighted by Crippen LogP contribution is 2.27. The molecule has 134 valence electrons. The number of hydrogen-bond acceptors (Lipinski definition) is 4. The van der Waals surface area contributed by atoms with E-state index in [-0.39, 0.29) is 23.4 Å². The lowest BCUT2D eigenvalue weighted by Crippen LogP contribution is -2.47. The van der Waals surface area contributed by atoms with Crippen molar-refractivity contribution in [3.05, 3.63) is 77.0 Å². The SMILES string of the molecule is CC(C1=N/C(=C\c2ccccc2)C(=O)N1C)N1C(=O)c2ccccc2C1=O. The van der Waals surface area contributed by atoms with Crippen molar-refractivity contribution in [2.24, 2.45) is 4.99 Å². The van der Waals surface area contributed by atoms with Gasteiger partial charge in [0.05, 0.1) is 17.2 Å². The van der Waals surface area contributed by atoms with Crippen LogP contribution in [0.25, 0.3) is 6.08 Å². The van der Waals surface area contributed by atoms with Crippen molar-refractivity contribution in [3.8, 4) is 0 Å². The summed E-state index contributed by atoms with van der Waals surface area (Å²) in [6, 6.07) is 15.5. The molecule has 2 heterocycles. The first-order valence-electron chi connectivity index (χ1n) is 8.59. The molecule has 0 aromatic heterocycles. The predicted molar refractivity (Wildman–Crippen MR) is 101 cm³/mol. The van der Waals surface area contributed by atoms with Crippen molar-refractivity contribution in [2.75, 3.05) is 7.05 Å². The second-order valence-electron chi connectivity index (χ2n) is 6.48. The first-order valence-corrected chi connectivity index (χ1v) is 8.59. The monoisotopic (exact) mass is 359 g/mol. The number of nitrogens with zero attached hydrogens (tertiary/aromatic N) is 3. The Kier molecular flexibility index (Phi) is 3.96. The van der Waals surface area contributed by atoms with Gasteiger partial charge in [0.15, 0.2) is 0 Å². The van der Waals surface area contributed by atoms with E-state index < -0.39 is 6.04 Å². The highest BCUT2D eigenvalue weighted by atomic mass is 16.2. The van der Waals surface area contributed by atoms with Gasteiger partial charge in [-0.25, -0.2) is 4.99 Å². The summed E-state index contributed by atoms with van der Waals surface area (Å²) in [5, 5.41) is 0. The van der Waals surface area contributed by atoms with E-state index in [9.17, 15) is 14.4 Å². The molecule has 2 aromatic carbocycles. The van der Waals surface area contributed by atoms with Crippen LogP contribution < -0.4 is 0 Å². The molecule has 1 unspecified atom stereocenters. The van der Waals surface area contributed by atoms with Gasteiger partial charge in [0.2, 0.25) is 0 Å². The molecule has 1 atom stereocenters. The third kappa shape index (κ3) is 2.66. The van der Waals surface area contributed by atoms with Gasteiger partial charge >= 0.3 is 0 Å². The molecule has 2 aromatic rings. The number of fused-ring (bicyclic) bond motifs is 1. The largest absolute Gasteiger partial charge is 0.296 e. The van der Waals surface area contributed by atoms with Crippen molar-refractivity contribution in [2.45, 2.75) is 13.0 Å². The fraction of sp³-hybridized carbons (Fsp3) is 0.143. The van der Waals surface area contributed by atoms with Crippen molar-refractivity contribution >= 4 is 29.6 Å². The zero-order valence-electron chi connectivity index (χ0n) is 14.9. The Labute approximate surface area is 156 Å². The second-order valence-corrected chi connectivity index (χ2v) is 6.48. The molecule has 27 heavy (non-hydrogen) atoms. The molecule has 0 bridgehead atoms. The van der Waals surface area contributed by atoms with Crippen molar-refractivity contribution in [3.63, 3.8) is 0 Å². The maximum absolute atomic E-state index is 12.7. The maximum atomic E-state index is 12.7. The fourth-order valence-electron chi connectivity index (χ4n) is 3.37. The molecule has 0 saturated carbocycles. The number of likely N-dealkylation sites (N-methyl/N-ethyl adjacent to an activating group) is 1. The average molecular weight is 359 g/mol. The number of rotatable bonds is 3. The molecule has 0 spiro atoms. The van der Waals surface area contributed by atoms with Gasteiger partial charge in [-0.05, 0) is 30.7 Å². The number of amides is 3. The molecule has 0 radical (unpaired) electrons. The number of aliphatic imine (C=N–C) groups is 1. The number of hydrogen-bond donors (Lipinski definition) is 0. The molecule has 2 aliphatic rings. The van der Waals surface area contributed by atoms with Gasteiger partial charge in [-0.1, -0.05) is 42.5 Å². The molecule has 0 fully saturated rings. The predicted octanol–water partition coefficient (Wildman–Crippen LogP) is 2.58. The van der Waals surface area contributed by atoms with Gasteiger partial charge in [-0.3, -0.25) is 24.2 Å². The molecule has 6 nitrogen and oxygen atoms in total. The summed E-state index contributed by atoms with van der Waals surface area (Å²) in [4.78, 5) is 45.0. The van der Waals surface area contributed by atoms with Crippen LogP contribution in [0, 0.1) is 0 Å². The summed E-state index contributed by atoms with van der Waals surface area (Å²) < 4.78 is 0. The number of benzene rings is 2. The molecule has 2 aliphatic heterocycles. The molecular weight excluding hydrogens is 342 g/mol. The van der Waals surface area contributed by atoms with Gasteiger partial charge in [0.1, 0.15) is 11.5 Å². The van der Waals surface area contributed by atoms with E-state index in [0.717, 1.165) is 5.56 Å². The molecule has 3 amide bonds. The van der Waals surface area contributed by atoms with E-state index in [1.165, 1.54) is 9.80 Å². The number of carbonyl (C=O) groups excluding carboxylic acids is 3. The molecule has 0 N–H and O–H groups in total. The van der Waals surface area contributed by atoms with E-state index in [1.807, 2.05) is 30.3 Å². The first kappa shape index (κ1) is 16.9. The Bertz CT molecular complexity index is 989. The second kappa shape index (κ2) is 6.32. The zero-order valence-corrected chi connectivity index (χ0v) is 14.9.